The second-order valence-corrected chi connectivity index (χ2v) is 6.22. The first kappa shape index (κ1) is 19.5. The number of ether oxygens (including phenoxy) is 2. The van der Waals surface area contributed by atoms with Crippen LogP contribution in [-0.2, 0) is 0 Å². The highest BCUT2D eigenvalue weighted by molar-refractivity contribution is 5.88. The van der Waals surface area contributed by atoms with E-state index in [0.29, 0.717) is 13.1 Å². The Morgan fingerprint density at radius 1 is 0.893 bits per heavy atom. The number of carbonyl (C=O) groups excluding carboxylic acids is 1. The van der Waals surface area contributed by atoms with Crippen LogP contribution < -0.4 is 9.47 Å². The summed E-state index contributed by atoms with van der Waals surface area (Å²) >= 11 is 0. The fraction of sp³-hybridized carbons (Fsp3) is 0.273. The van der Waals surface area contributed by atoms with Gasteiger partial charge in [-0.1, -0.05) is 0 Å². The van der Waals surface area contributed by atoms with E-state index >= 15 is 0 Å². The van der Waals surface area contributed by atoms with E-state index in [-0.39, 0.29) is 6.03 Å². The Morgan fingerprint density at radius 3 is 1.86 bits per heavy atom. The van der Waals surface area contributed by atoms with Gasteiger partial charge in [0.25, 0.3) is 0 Å². The molecule has 0 saturated carbocycles. The van der Waals surface area contributed by atoms with Gasteiger partial charge in [0, 0.05) is 24.2 Å². The van der Waals surface area contributed by atoms with Crippen LogP contribution in [-0.4, -0.2) is 47.8 Å². The second kappa shape index (κ2) is 8.61. The first-order valence-corrected chi connectivity index (χ1v) is 9.28. The summed E-state index contributed by atoms with van der Waals surface area (Å²) < 4.78 is 12.1. The molecule has 2 aromatic carbocycles. The van der Waals surface area contributed by atoms with Crippen LogP contribution >= 0.6 is 0 Å². The molecule has 0 aliphatic rings. The quantitative estimate of drug-likeness (QED) is 0.631. The highest BCUT2D eigenvalue weighted by Crippen LogP contribution is 2.33. The maximum Gasteiger partial charge on any atom is 0.329 e. The summed E-state index contributed by atoms with van der Waals surface area (Å²) in [6.45, 7) is 5.20. The molecule has 28 heavy (non-hydrogen) atoms. The first-order chi connectivity index (χ1) is 13.6. The first-order valence-electron chi connectivity index (χ1n) is 9.28. The van der Waals surface area contributed by atoms with Crippen LogP contribution in [0.3, 0.4) is 0 Å². The fourth-order valence-electron chi connectivity index (χ4n) is 3.12. The molecule has 3 aromatic rings. The van der Waals surface area contributed by atoms with Crippen LogP contribution in [0.1, 0.15) is 13.8 Å². The summed E-state index contributed by atoms with van der Waals surface area (Å²) in [6, 6.07) is 15.2. The van der Waals surface area contributed by atoms with Gasteiger partial charge in [-0.2, -0.15) is 0 Å². The van der Waals surface area contributed by atoms with Crippen LogP contribution in [0.25, 0.3) is 22.5 Å². The molecule has 1 amide bonds. The smallest absolute Gasteiger partial charge is 0.329 e. The maximum atomic E-state index is 13.1. The minimum atomic E-state index is -0.0944. The highest BCUT2D eigenvalue weighted by atomic mass is 16.5. The summed E-state index contributed by atoms with van der Waals surface area (Å²) in [4.78, 5) is 19.4. The van der Waals surface area contributed by atoms with Gasteiger partial charge < -0.3 is 14.4 Å². The molecule has 0 spiro atoms. The molecular formula is C22H25N3O3. The maximum absolute atomic E-state index is 13.1. The van der Waals surface area contributed by atoms with E-state index in [0.717, 1.165) is 34.0 Å². The van der Waals surface area contributed by atoms with Gasteiger partial charge in [0.1, 0.15) is 17.8 Å². The average Bonchev–Trinajstić information content (AvgIpc) is 3.19. The number of imidazole rings is 1. The lowest BCUT2D eigenvalue weighted by Gasteiger charge is -2.20. The lowest BCUT2D eigenvalue weighted by molar-refractivity contribution is 0.205. The van der Waals surface area contributed by atoms with Crippen molar-refractivity contribution < 1.29 is 14.3 Å². The molecule has 0 saturated heterocycles. The molecule has 0 fully saturated rings. The highest BCUT2D eigenvalue weighted by Gasteiger charge is 2.22. The summed E-state index contributed by atoms with van der Waals surface area (Å²) in [5.41, 5.74) is 3.31. The van der Waals surface area contributed by atoms with E-state index in [1.165, 1.54) is 0 Å². The molecular weight excluding hydrogens is 354 g/mol. The standard InChI is InChI=1S/C22H25N3O3/c1-5-24(6-2)22(26)25-15-23-20(16-7-11-18(27-3)12-8-16)21(25)17-9-13-19(28-4)14-10-17/h7-15H,5-6H2,1-4H3. The number of benzene rings is 2. The Labute approximate surface area is 165 Å². The molecule has 1 heterocycles. The van der Waals surface area contributed by atoms with Crippen molar-refractivity contribution in [3.05, 3.63) is 54.9 Å². The summed E-state index contributed by atoms with van der Waals surface area (Å²) in [7, 11) is 3.27. The SMILES string of the molecule is CCN(CC)C(=O)n1cnc(-c2ccc(OC)cc2)c1-c1ccc(OC)cc1. The van der Waals surface area contributed by atoms with E-state index < -0.39 is 0 Å². The van der Waals surface area contributed by atoms with Gasteiger partial charge in [0.2, 0.25) is 0 Å². The van der Waals surface area contributed by atoms with Crippen molar-refractivity contribution in [1.82, 2.24) is 14.5 Å². The molecule has 1 aromatic heterocycles. The zero-order chi connectivity index (χ0) is 20.1. The number of hydrogen-bond donors (Lipinski definition) is 0. The van der Waals surface area contributed by atoms with Crippen LogP contribution in [0.2, 0.25) is 0 Å². The zero-order valence-corrected chi connectivity index (χ0v) is 16.7. The van der Waals surface area contributed by atoms with Crippen LogP contribution in [0.15, 0.2) is 54.9 Å². The molecule has 0 atom stereocenters. The number of aromatic nitrogens is 2. The number of carbonyl (C=O) groups is 1. The summed E-state index contributed by atoms with van der Waals surface area (Å²) in [6.07, 6.45) is 1.60. The monoisotopic (exact) mass is 379 g/mol. The van der Waals surface area contributed by atoms with Gasteiger partial charge in [-0.15, -0.1) is 0 Å². The third-order valence-electron chi connectivity index (χ3n) is 4.73. The number of methoxy groups -OCH3 is 2. The summed E-state index contributed by atoms with van der Waals surface area (Å²) in [5.74, 6) is 1.53. The van der Waals surface area contributed by atoms with Crippen molar-refractivity contribution >= 4 is 6.03 Å². The molecule has 6 nitrogen and oxygen atoms in total. The third-order valence-corrected chi connectivity index (χ3v) is 4.73. The van der Waals surface area contributed by atoms with Crippen molar-refractivity contribution in [1.29, 1.82) is 0 Å². The lowest BCUT2D eigenvalue weighted by atomic mass is 10.0. The Hall–Kier alpha value is -3.28. The molecule has 0 aliphatic carbocycles. The molecule has 146 valence electrons. The van der Waals surface area contributed by atoms with Crippen LogP contribution in [0.4, 0.5) is 4.79 Å². The predicted octanol–water partition coefficient (Wildman–Crippen LogP) is 4.54. The zero-order valence-electron chi connectivity index (χ0n) is 16.7. The molecule has 0 unspecified atom stereocenters. The lowest BCUT2D eigenvalue weighted by Crippen LogP contribution is -2.34. The fourth-order valence-corrected chi connectivity index (χ4v) is 3.12. The van der Waals surface area contributed by atoms with E-state index in [1.54, 1.807) is 30.0 Å². The van der Waals surface area contributed by atoms with E-state index in [2.05, 4.69) is 4.98 Å². The normalized spacial score (nSPS) is 10.6. The number of rotatable bonds is 6. The van der Waals surface area contributed by atoms with Gasteiger partial charge in [-0.3, -0.25) is 0 Å². The Kier molecular flexibility index (Phi) is 5.99. The molecule has 0 radical (unpaired) electrons. The molecule has 6 heteroatoms. The van der Waals surface area contributed by atoms with E-state index in [4.69, 9.17) is 9.47 Å². The Balaban J connectivity index is 2.15. The van der Waals surface area contributed by atoms with Gasteiger partial charge in [0.15, 0.2) is 0 Å². The molecule has 0 aliphatic heterocycles. The second-order valence-electron chi connectivity index (χ2n) is 6.22. The van der Waals surface area contributed by atoms with Crippen molar-refractivity contribution in [3.63, 3.8) is 0 Å². The predicted molar refractivity (Wildman–Crippen MR) is 110 cm³/mol. The molecule has 0 bridgehead atoms. The van der Waals surface area contributed by atoms with E-state index in [1.807, 2.05) is 62.4 Å². The van der Waals surface area contributed by atoms with Crippen molar-refractivity contribution in [2.45, 2.75) is 13.8 Å². The van der Waals surface area contributed by atoms with Gasteiger partial charge in [0.05, 0.1) is 25.6 Å². The number of hydrogen-bond acceptors (Lipinski definition) is 4. The third kappa shape index (κ3) is 3.71. The largest absolute Gasteiger partial charge is 0.497 e. The van der Waals surface area contributed by atoms with Gasteiger partial charge in [-0.05, 0) is 62.4 Å². The van der Waals surface area contributed by atoms with Crippen molar-refractivity contribution in [3.8, 4) is 34.0 Å². The van der Waals surface area contributed by atoms with Crippen LogP contribution in [0, 0.1) is 0 Å². The van der Waals surface area contributed by atoms with Crippen LogP contribution in [0.5, 0.6) is 11.5 Å². The Bertz CT molecular complexity index is 927. The molecule has 0 N–H and O–H groups in total. The summed E-state index contributed by atoms with van der Waals surface area (Å²) in [5, 5.41) is 0. The van der Waals surface area contributed by atoms with E-state index in [9.17, 15) is 4.79 Å². The minimum Gasteiger partial charge on any atom is -0.497 e. The van der Waals surface area contributed by atoms with Crippen molar-refractivity contribution in [2.24, 2.45) is 0 Å². The average molecular weight is 379 g/mol. The van der Waals surface area contributed by atoms with Gasteiger partial charge in [-0.25, -0.2) is 14.3 Å². The number of amides is 1. The Morgan fingerprint density at radius 2 is 1.39 bits per heavy atom. The van der Waals surface area contributed by atoms with Crippen molar-refractivity contribution in [2.75, 3.05) is 27.3 Å². The molecule has 3 rings (SSSR count). The van der Waals surface area contributed by atoms with Gasteiger partial charge >= 0.3 is 6.03 Å². The number of nitrogens with zero attached hydrogens (tertiary/aromatic N) is 3. The topological polar surface area (TPSA) is 56.6 Å². The minimum absolute atomic E-state index is 0.0944.